The van der Waals surface area contributed by atoms with Crippen molar-refractivity contribution in [1.82, 2.24) is 9.97 Å². The molecule has 4 rings (SSSR count). The number of fused-ring (bicyclic) bond motifs is 2. The Kier molecular flexibility index (Phi) is 2.93. The van der Waals surface area contributed by atoms with Gasteiger partial charge in [0.1, 0.15) is 5.52 Å². The Morgan fingerprint density at radius 3 is 3.00 bits per heavy atom. The number of hydrogen-bond acceptors (Lipinski definition) is 4. The van der Waals surface area contributed by atoms with Crippen molar-refractivity contribution in [3.8, 4) is 0 Å². The smallest absolute Gasteiger partial charge is 0.112 e. The average Bonchev–Trinajstić information content (AvgIpc) is 3.00. The van der Waals surface area contributed by atoms with E-state index < -0.39 is 0 Å². The van der Waals surface area contributed by atoms with E-state index in [0.717, 1.165) is 34.5 Å². The van der Waals surface area contributed by atoms with Crippen LogP contribution in [0.1, 0.15) is 12.8 Å². The summed E-state index contributed by atoms with van der Waals surface area (Å²) in [7, 11) is 0. The lowest BCUT2D eigenvalue weighted by atomic mass is 9.98. The van der Waals surface area contributed by atoms with Crippen molar-refractivity contribution in [2.75, 3.05) is 18.0 Å². The third kappa shape index (κ3) is 1.91. The van der Waals surface area contributed by atoms with Gasteiger partial charge >= 0.3 is 0 Å². The normalized spacial score (nSPS) is 29.1. The molecule has 1 aliphatic carbocycles. The predicted molar refractivity (Wildman–Crippen MR) is 83.6 cm³/mol. The Labute approximate surface area is 126 Å². The van der Waals surface area contributed by atoms with Crippen molar-refractivity contribution in [1.29, 1.82) is 0 Å². The molecule has 2 fully saturated rings. The zero-order valence-electron chi connectivity index (χ0n) is 11.2. The summed E-state index contributed by atoms with van der Waals surface area (Å²) in [4.78, 5) is 11.4. The average molecular weight is 333 g/mol. The highest BCUT2D eigenvalue weighted by Gasteiger charge is 2.41. The second-order valence-corrected chi connectivity index (χ2v) is 6.84. The molecule has 5 heteroatoms. The second kappa shape index (κ2) is 4.67. The monoisotopic (exact) mass is 332 g/mol. The molecule has 20 heavy (non-hydrogen) atoms. The van der Waals surface area contributed by atoms with Gasteiger partial charge in [0.15, 0.2) is 0 Å². The van der Waals surface area contributed by atoms with Gasteiger partial charge in [0.05, 0.1) is 11.2 Å². The lowest BCUT2D eigenvalue weighted by Crippen LogP contribution is -2.30. The van der Waals surface area contributed by atoms with Crippen LogP contribution in [0.5, 0.6) is 0 Å². The van der Waals surface area contributed by atoms with Crippen LogP contribution in [0.3, 0.4) is 0 Å². The molecule has 4 nitrogen and oxygen atoms in total. The van der Waals surface area contributed by atoms with E-state index in [9.17, 15) is 0 Å². The zero-order chi connectivity index (χ0) is 13.7. The fourth-order valence-electron chi connectivity index (χ4n) is 3.75. The number of pyridine rings is 2. The van der Waals surface area contributed by atoms with E-state index in [1.54, 1.807) is 0 Å². The molecule has 0 aromatic carbocycles. The zero-order valence-corrected chi connectivity index (χ0v) is 12.8. The third-order valence-electron chi connectivity index (χ3n) is 4.78. The molecule has 0 spiro atoms. The highest BCUT2D eigenvalue weighted by Crippen LogP contribution is 2.40. The molecule has 2 aromatic heterocycles. The number of hydrogen-bond donors (Lipinski definition) is 1. The largest absolute Gasteiger partial charge is 0.369 e. The summed E-state index contributed by atoms with van der Waals surface area (Å²) >= 11 is 3.46. The molecule has 1 saturated heterocycles. The first-order valence-electron chi connectivity index (χ1n) is 7.13. The molecule has 3 heterocycles. The molecular weight excluding hydrogens is 316 g/mol. The molecule has 2 N–H and O–H groups in total. The maximum absolute atomic E-state index is 6.23. The van der Waals surface area contributed by atoms with Gasteiger partial charge in [-0.25, -0.2) is 0 Å². The summed E-state index contributed by atoms with van der Waals surface area (Å²) in [5.41, 5.74) is 9.36. The van der Waals surface area contributed by atoms with Crippen LogP contribution in [-0.2, 0) is 0 Å². The van der Waals surface area contributed by atoms with Crippen LogP contribution in [-0.4, -0.2) is 29.1 Å². The van der Waals surface area contributed by atoms with Gasteiger partial charge in [-0.1, -0.05) is 0 Å². The first kappa shape index (κ1) is 12.5. The Balaban J connectivity index is 1.73. The van der Waals surface area contributed by atoms with Crippen molar-refractivity contribution in [3.05, 3.63) is 29.0 Å². The van der Waals surface area contributed by atoms with Crippen LogP contribution in [0.15, 0.2) is 29.0 Å². The van der Waals surface area contributed by atoms with Crippen molar-refractivity contribution in [3.63, 3.8) is 0 Å². The van der Waals surface area contributed by atoms with Crippen LogP contribution >= 0.6 is 15.9 Å². The first-order valence-corrected chi connectivity index (χ1v) is 7.92. The summed E-state index contributed by atoms with van der Waals surface area (Å²) in [5.74, 6) is 1.40. The molecule has 3 atom stereocenters. The SMILES string of the molecule is NC1CCC2CN(c3ccnc4cc(Br)cnc34)CC12. The van der Waals surface area contributed by atoms with Gasteiger partial charge in [-0.15, -0.1) is 0 Å². The Hall–Kier alpha value is -1.20. The molecule has 0 amide bonds. The number of nitrogens with two attached hydrogens (primary N) is 1. The topological polar surface area (TPSA) is 55.0 Å². The van der Waals surface area contributed by atoms with Crippen LogP contribution < -0.4 is 10.6 Å². The highest BCUT2D eigenvalue weighted by molar-refractivity contribution is 9.10. The van der Waals surface area contributed by atoms with Crippen LogP contribution in [0, 0.1) is 11.8 Å². The molecule has 2 aliphatic rings. The van der Waals surface area contributed by atoms with Crippen LogP contribution in [0.2, 0.25) is 0 Å². The van der Waals surface area contributed by atoms with E-state index in [1.165, 1.54) is 18.5 Å². The van der Waals surface area contributed by atoms with Crippen molar-refractivity contribution < 1.29 is 0 Å². The minimum Gasteiger partial charge on any atom is -0.369 e. The van der Waals surface area contributed by atoms with Crippen molar-refractivity contribution in [2.24, 2.45) is 17.6 Å². The fourth-order valence-corrected chi connectivity index (χ4v) is 4.07. The quantitative estimate of drug-likeness (QED) is 0.871. The molecule has 1 saturated carbocycles. The maximum atomic E-state index is 6.23. The standard InChI is InChI=1S/C15H17BrN4/c16-10-5-13-15(19-6-10)14(3-4-18-13)20-7-9-1-2-12(17)11(9)8-20/h3-6,9,11-12H,1-2,7-8,17H2. The molecular formula is C15H17BrN4. The number of rotatable bonds is 1. The minimum absolute atomic E-state index is 0.375. The van der Waals surface area contributed by atoms with Crippen LogP contribution in [0.4, 0.5) is 5.69 Å². The minimum atomic E-state index is 0.375. The summed E-state index contributed by atoms with van der Waals surface area (Å²) in [6, 6.07) is 4.48. The van der Waals surface area contributed by atoms with Gasteiger partial charge in [0, 0.05) is 36.0 Å². The summed E-state index contributed by atoms with van der Waals surface area (Å²) in [6.07, 6.45) is 6.17. The van der Waals surface area contributed by atoms with Crippen molar-refractivity contribution in [2.45, 2.75) is 18.9 Å². The third-order valence-corrected chi connectivity index (χ3v) is 5.21. The molecule has 0 radical (unpaired) electrons. The Morgan fingerprint density at radius 1 is 1.25 bits per heavy atom. The highest BCUT2D eigenvalue weighted by atomic mass is 79.9. The molecule has 2 aromatic rings. The van der Waals surface area contributed by atoms with Gasteiger partial charge in [0.25, 0.3) is 0 Å². The maximum Gasteiger partial charge on any atom is 0.112 e. The molecule has 0 bridgehead atoms. The molecule has 3 unspecified atom stereocenters. The van der Waals surface area contributed by atoms with E-state index in [-0.39, 0.29) is 0 Å². The van der Waals surface area contributed by atoms with Crippen molar-refractivity contribution >= 4 is 32.7 Å². The van der Waals surface area contributed by atoms with E-state index >= 15 is 0 Å². The molecule has 1 aliphatic heterocycles. The lowest BCUT2D eigenvalue weighted by Gasteiger charge is -2.21. The van der Waals surface area contributed by atoms with E-state index in [2.05, 4.69) is 36.9 Å². The summed E-state index contributed by atoms with van der Waals surface area (Å²) in [5, 5.41) is 0. The predicted octanol–water partition coefficient (Wildman–Crippen LogP) is 2.57. The molecule has 104 valence electrons. The summed E-state index contributed by atoms with van der Waals surface area (Å²) < 4.78 is 0.968. The Bertz CT molecular complexity index is 659. The van der Waals surface area contributed by atoms with Gasteiger partial charge in [-0.05, 0) is 52.7 Å². The second-order valence-electron chi connectivity index (χ2n) is 5.92. The number of anilines is 1. The first-order chi connectivity index (χ1) is 9.72. The van der Waals surface area contributed by atoms with Gasteiger partial charge in [0.2, 0.25) is 0 Å². The fraction of sp³-hybridized carbons (Fsp3) is 0.467. The number of aromatic nitrogens is 2. The van der Waals surface area contributed by atoms with E-state index in [4.69, 9.17) is 5.73 Å². The van der Waals surface area contributed by atoms with Gasteiger partial charge in [-0.2, -0.15) is 0 Å². The van der Waals surface area contributed by atoms with Gasteiger partial charge in [-0.3, -0.25) is 9.97 Å². The van der Waals surface area contributed by atoms with E-state index in [0.29, 0.717) is 12.0 Å². The van der Waals surface area contributed by atoms with Crippen LogP contribution in [0.25, 0.3) is 11.0 Å². The summed E-state index contributed by atoms with van der Waals surface area (Å²) in [6.45, 7) is 2.16. The number of nitrogens with zero attached hydrogens (tertiary/aromatic N) is 3. The number of halogens is 1. The van der Waals surface area contributed by atoms with E-state index in [1.807, 2.05) is 18.5 Å². The van der Waals surface area contributed by atoms with Gasteiger partial charge < -0.3 is 10.6 Å². The lowest BCUT2D eigenvalue weighted by molar-refractivity contribution is 0.453. The Morgan fingerprint density at radius 2 is 2.15 bits per heavy atom.